The molecule has 0 aliphatic heterocycles. The second-order valence-electron chi connectivity index (χ2n) is 4.88. The summed E-state index contributed by atoms with van der Waals surface area (Å²) < 4.78 is 0. The number of nitrogens with zero attached hydrogens (tertiary/aromatic N) is 1. The van der Waals surface area contributed by atoms with E-state index >= 15 is 0 Å². The van der Waals surface area contributed by atoms with Gasteiger partial charge in [-0.15, -0.1) is 0 Å². The fourth-order valence-electron chi connectivity index (χ4n) is 1.55. The lowest BCUT2D eigenvalue weighted by Gasteiger charge is -2.22. The third kappa shape index (κ3) is 4.71. The van der Waals surface area contributed by atoms with E-state index in [2.05, 4.69) is 5.32 Å². The van der Waals surface area contributed by atoms with Crippen molar-refractivity contribution in [1.82, 2.24) is 4.90 Å². The average Bonchev–Trinajstić information content (AvgIpc) is 2.37. The molecule has 0 aromatic heterocycles. The van der Waals surface area contributed by atoms with Gasteiger partial charge in [-0.3, -0.25) is 9.59 Å². The van der Waals surface area contributed by atoms with Crippen molar-refractivity contribution in [3.05, 3.63) is 30.3 Å². The number of para-hydroxylation sites is 1. The van der Waals surface area contributed by atoms with Crippen molar-refractivity contribution in [2.24, 2.45) is 11.7 Å². The minimum atomic E-state index is -0.575. The van der Waals surface area contributed by atoms with Gasteiger partial charge in [0.2, 0.25) is 11.8 Å². The van der Waals surface area contributed by atoms with Gasteiger partial charge in [-0.1, -0.05) is 32.0 Å². The molecule has 0 bridgehead atoms. The van der Waals surface area contributed by atoms with Gasteiger partial charge in [0.1, 0.15) is 0 Å². The zero-order valence-corrected chi connectivity index (χ0v) is 11.6. The predicted octanol–water partition coefficient (Wildman–Crippen LogP) is 1.07. The first-order valence-corrected chi connectivity index (χ1v) is 6.27. The smallest absolute Gasteiger partial charge is 0.243 e. The summed E-state index contributed by atoms with van der Waals surface area (Å²) >= 11 is 0. The number of hydrogen-bond acceptors (Lipinski definition) is 3. The van der Waals surface area contributed by atoms with Gasteiger partial charge in [0.05, 0.1) is 12.6 Å². The number of nitrogens with one attached hydrogen (secondary N) is 1. The van der Waals surface area contributed by atoms with Crippen molar-refractivity contribution in [3.8, 4) is 0 Å². The Hall–Kier alpha value is -1.88. The predicted molar refractivity (Wildman–Crippen MR) is 75.5 cm³/mol. The van der Waals surface area contributed by atoms with Gasteiger partial charge in [0, 0.05) is 12.7 Å². The van der Waals surface area contributed by atoms with Crippen LogP contribution in [0.1, 0.15) is 13.8 Å². The minimum absolute atomic E-state index is 0.00581. The molecule has 0 heterocycles. The van der Waals surface area contributed by atoms with Crippen molar-refractivity contribution in [3.63, 3.8) is 0 Å². The number of likely N-dealkylation sites (N-methyl/N-ethyl adjacent to an activating group) is 1. The quantitative estimate of drug-likeness (QED) is 0.834. The van der Waals surface area contributed by atoms with Crippen LogP contribution in [0.15, 0.2) is 30.3 Å². The minimum Gasteiger partial charge on any atom is -0.335 e. The van der Waals surface area contributed by atoms with E-state index in [0.29, 0.717) is 5.69 Å². The Morgan fingerprint density at radius 2 is 1.84 bits per heavy atom. The van der Waals surface area contributed by atoms with Crippen LogP contribution >= 0.6 is 0 Å². The van der Waals surface area contributed by atoms with Gasteiger partial charge in [-0.25, -0.2) is 0 Å². The van der Waals surface area contributed by atoms with Crippen LogP contribution in [0.25, 0.3) is 0 Å². The molecule has 2 amide bonds. The van der Waals surface area contributed by atoms with Crippen LogP contribution in [0.2, 0.25) is 0 Å². The monoisotopic (exact) mass is 263 g/mol. The molecule has 1 rings (SSSR count). The van der Waals surface area contributed by atoms with E-state index in [4.69, 9.17) is 5.73 Å². The van der Waals surface area contributed by atoms with Crippen LogP contribution < -0.4 is 11.1 Å². The van der Waals surface area contributed by atoms with E-state index in [1.54, 1.807) is 19.2 Å². The number of carbonyl (C=O) groups is 2. The molecule has 0 spiro atoms. The molecular formula is C14H21N3O2. The third-order valence-electron chi connectivity index (χ3n) is 2.82. The molecular weight excluding hydrogens is 242 g/mol. The van der Waals surface area contributed by atoms with E-state index in [-0.39, 0.29) is 24.3 Å². The highest BCUT2D eigenvalue weighted by molar-refractivity contribution is 5.95. The molecule has 5 nitrogen and oxygen atoms in total. The maximum absolute atomic E-state index is 11.9. The second kappa shape index (κ2) is 6.89. The molecule has 0 radical (unpaired) electrons. The highest BCUT2D eigenvalue weighted by atomic mass is 16.2. The van der Waals surface area contributed by atoms with Crippen molar-refractivity contribution >= 4 is 17.5 Å². The lowest BCUT2D eigenvalue weighted by Crippen LogP contribution is -2.47. The summed E-state index contributed by atoms with van der Waals surface area (Å²) in [5.74, 6) is -0.414. The van der Waals surface area contributed by atoms with Crippen molar-refractivity contribution in [2.75, 3.05) is 18.9 Å². The molecule has 1 aromatic rings. The molecule has 3 N–H and O–H groups in total. The fraction of sp³-hybridized carbons (Fsp3) is 0.429. The Kier molecular flexibility index (Phi) is 5.51. The first-order chi connectivity index (χ1) is 8.91. The van der Waals surface area contributed by atoms with Crippen molar-refractivity contribution in [2.45, 2.75) is 19.9 Å². The normalized spacial score (nSPS) is 12.1. The Balaban J connectivity index is 2.50. The Morgan fingerprint density at radius 1 is 1.26 bits per heavy atom. The lowest BCUT2D eigenvalue weighted by molar-refractivity contribution is -0.135. The van der Waals surface area contributed by atoms with Gasteiger partial charge in [-0.2, -0.15) is 0 Å². The molecule has 1 atom stereocenters. The van der Waals surface area contributed by atoms with Crippen LogP contribution in [0, 0.1) is 5.92 Å². The molecule has 0 saturated carbocycles. The molecule has 0 saturated heterocycles. The molecule has 5 heteroatoms. The molecule has 19 heavy (non-hydrogen) atoms. The van der Waals surface area contributed by atoms with Gasteiger partial charge >= 0.3 is 0 Å². The largest absolute Gasteiger partial charge is 0.335 e. The summed E-state index contributed by atoms with van der Waals surface area (Å²) in [5, 5.41) is 2.72. The third-order valence-corrected chi connectivity index (χ3v) is 2.82. The summed E-state index contributed by atoms with van der Waals surface area (Å²) in [4.78, 5) is 25.0. The van der Waals surface area contributed by atoms with Gasteiger partial charge in [0.15, 0.2) is 0 Å². The average molecular weight is 263 g/mol. The number of hydrogen-bond donors (Lipinski definition) is 2. The summed E-state index contributed by atoms with van der Waals surface area (Å²) in [6, 6.07) is 8.54. The first kappa shape index (κ1) is 15.2. The second-order valence-corrected chi connectivity index (χ2v) is 4.88. The van der Waals surface area contributed by atoms with Crippen LogP contribution in [0.4, 0.5) is 5.69 Å². The zero-order valence-electron chi connectivity index (χ0n) is 11.6. The number of carbonyl (C=O) groups excluding carboxylic acids is 2. The maximum atomic E-state index is 11.9. The number of nitrogens with two attached hydrogens (primary N) is 1. The Morgan fingerprint density at radius 3 is 2.37 bits per heavy atom. The first-order valence-electron chi connectivity index (χ1n) is 6.27. The molecule has 0 aliphatic carbocycles. The van der Waals surface area contributed by atoms with Crippen LogP contribution in [-0.4, -0.2) is 36.3 Å². The summed E-state index contributed by atoms with van der Waals surface area (Å²) in [7, 11) is 1.58. The molecule has 0 aliphatic rings. The van der Waals surface area contributed by atoms with Crippen molar-refractivity contribution < 1.29 is 9.59 Å². The molecule has 1 aromatic carbocycles. The van der Waals surface area contributed by atoms with E-state index < -0.39 is 6.04 Å². The summed E-state index contributed by atoms with van der Waals surface area (Å²) in [6.45, 7) is 3.75. The molecule has 104 valence electrons. The maximum Gasteiger partial charge on any atom is 0.243 e. The summed E-state index contributed by atoms with van der Waals surface area (Å²) in [5.41, 5.74) is 6.48. The van der Waals surface area contributed by atoms with Gasteiger partial charge < -0.3 is 16.0 Å². The number of rotatable bonds is 5. The van der Waals surface area contributed by atoms with E-state index in [1.807, 2.05) is 32.0 Å². The van der Waals surface area contributed by atoms with Crippen molar-refractivity contribution in [1.29, 1.82) is 0 Å². The Labute approximate surface area is 113 Å². The number of benzene rings is 1. The lowest BCUT2D eigenvalue weighted by atomic mass is 10.0. The van der Waals surface area contributed by atoms with Crippen LogP contribution in [0.3, 0.4) is 0 Å². The SMILES string of the molecule is CC(C)C(N)C(=O)N(C)CC(=O)Nc1ccccc1. The van der Waals surface area contributed by atoms with Gasteiger partial charge in [-0.05, 0) is 18.1 Å². The molecule has 1 unspecified atom stereocenters. The zero-order chi connectivity index (χ0) is 14.4. The highest BCUT2D eigenvalue weighted by Crippen LogP contribution is 2.06. The van der Waals surface area contributed by atoms with E-state index in [9.17, 15) is 9.59 Å². The topological polar surface area (TPSA) is 75.4 Å². The summed E-state index contributed by atoms with van der Waals surface area (Å²) in [6.07, 6.45) is 0. The van der Waals surface area contributed by atoms with Crippen LogP contribution in [-0.2, 0) is 9.59 Å². The molecule has 0 fully saturated rings. The Bertz CT molecular complexity index is 432. The fourth-order valence-corrected chi connectivity index (χ4v) is 1.55. The number of amides is 2. The number of anilines is 1. The van der Waals surface area contributed by atoms with Gasteiger partial charge in [0.25, 0.3) is 0 Å². The standard InChI is InChI=1S/C14H21N3O2/c1-10(2)13(15)14(19)17(3)9-12(18)16-11-7-5-4-6-8-11/h4-8,10,13H,9,15H2,1-3H3,(H,16,18). The van der Waals surface area contributed by atoms with E-state index in [0.717, 1.165) is 0 Å². The van der Waals surface area contributed by atoms with E-state index in [1.165, 1.54) is 4.90 Å². The highest BCUT2D eigenvalue weighted by Gasteiger charge is 2.22. The van der Waals surface area contributed by atoms with Crippen LogP contribution in [0.5, 0.6) is 0 Å².